The Bertz CT molecular complexity index is 932. The van der Waals surface area contributed by atoms with Crippen molar-refractivity contribution in [2.24, 2.45) is 0 Å². The standard InChI is InChI=1S/C19H22N8/c1-2-15-18-25-22-12-26(18)16-11-21-19(23-13-7-9-20-10-8-13)24-17(16)27(15)14-5-3-4-6-14/h7-12,14-15H,2-6H2,1H3,(H,20,21,23,24)/t15-/m1/s1. The zero-order chi connectivity index (χ0) is 18.2. The van der Waals surface area contributed by atoms with Crippen LogP contribution in [0.1, 0.15) is 50.9 Å². The van der Waals surface area contributed by atoms with Crippen molar-refractivity contribution in [1.29, 1.82) is 0 Å². The molecule has 4 heterocycles. The highest BCUT2D eigenvalue weighted by molar-refractivity contribution is 5.65. The number of rotatable bonds is 4. The second-order valence-electron chi connectivity index (χ2n) is 7.09. The molecule has 1 aliphatic carbocycles. The number of hydrogen-bond acceptors (Lipinski definition) is 7. The monoisotopic (exact) mass is 362 g/mol. The Balaban J connectivity index is 1.60. The van der Waals surface area contributed by atoms with Crippen LogP contribution in [0.2, 0.25) is 0 Å². The van der Waals surface area contributed by atoms with Crippen LogP contribution in [0.25, 0.3) is 5.69 Å². The van der Waals surface area contributed by atoms with Crippen LogP contribution in [0.3, 0.4) is 0 Å². The maximum absolute atomic E-state index is 4.92. The number of hydrogen-bond donors (Lipinski definition) is 1. The van der Waals surface area contributed by atoms with E-state index in [9.17, 15) is 0 Å². The first-order valence-electron chi connectivity index (χ1n) is 9.58. The molecule has 27 heavy (non-hydrogen) atoms. The minimum atomic E-state index is 0.187. The van der Waals surface area contributed by atoms with Crippen molar-refractivity contribution in [3.8, 4) is 5.69 Å². The zero-order valence-electron chi connectivity index (χ0n) is 15.3. The number of anilines is 3. The van der Waals surface area contributed by atoms with E-state index in [0.29, 0.717) is 12.0 Å². The maximum Gasteiger partial charge on any atom is 0.229 e. The topological polar surface area (TPSA) is 84.7 Å². The molecule has 0 radical (unpaired) electrons. The first kappa shape index (κ1) is 16.2. The quantitative estimate of drug-likeness (QED) is 0.761. The Hall–Kier alpha value is -3.03. The van der Waals surface area contributed by atoms with Gasteiger partial charge in [-0.05, 0) is 31.4 Å². The van der Waals surface area contributed by atoms with Crippen molar-refractivity contribution in [3.63, 3.8) is 0 Å². The van der Waals surface area contributed by atoms with Gasteiger partial charge in [0.15, 0.2) is 11.6 Å². The first-order chi connectivity index (χ1) is 13.3. The van der Waals surface area contributed by atoms with E-state index < -0.39 is 0 Å². The highest BCUT2D eigenvalue weighted by Crippen LogP contribution is 2.42. The van der Waals surface area contributed by atoms with Crippen molar-refractivity contribution in [2.75, 3.05) is 10.2 Å². The molecular formula is C19H22N8. The molecule has 5 rings (SSSR count). The van der Waals surface area contributed by atoms with E-state index in [1.807, 2.05) is 22.9 Å². The molecule has 138 valence electrons. The predicted octanol–water partition coefficient (Wildman–Crippen LogP) is 3.41. The molecular weight excluding hydrogens is 340 g/mol. The molecule has 1 N–H and O–H groups in total. The highest BCUT2D eigenvalue weighted by atomic mass is 15.4. The molecule has 0 unspecified atom stereocenters. The molecule has 2 aliphatic rings. The summed E-state index contributed by atoms with van der Waals surface area (Å²) >= 11 is 0. The fourth-order valence-electron chi connectivity index (χ4n) is 4.27. The van der Waals surface area contributed by atoms with Gasteiger partial charge in [0.1, 0.15) is 12.0 Å². The molecule has 1 fully saturated rings. The molecule has 1 aliphatic heterocycles. The fourth-order valence-corrected chi connectivity index (χ4v) is 4.27. The fraction of sp³-hybridized carbons (Fsp3) is 0.421. The van der Waals surface area contributed by atoms with Gasteiger partial charge in [0.05, 0.1) is 12.2 Å². The van der Waals surface area contributed by atoms with Gasteiger partial charge < -0.3 is 10.2 Å². The number of nitrogens with zero attached hydrogens (tertiary/aromatic N) is 7. The van der Waals surface area contributed by atoms with Gasteiger partial charge in [-0.25, -0.2) is 4.98 Å². The van der Waals surface area contributed by atoms with Crippen LogP contribution in [0, 0.1) is 0 Å². The average Bonchev–Trinajstić information content (AvgIpc) is 3.39. The van der Waals surface area contributed by atoms with E-state index in [-0.39, 0.29) is 6.04 Å². The summed E-state index contributed by atoms with van der Waals surface area (Å²) in [5, 5.41) is 11.9. The largest absolute Gasteiger partial charge is 0.341 e. The van der Waals surface area contributed by atoms with Gasteiger partial charge in [0.2, 0.25) is 5.95 Å². The molecule has 3 aromatic rings. The number of aromatic nitrogens is 6. The van der Waals surface area contributed by atoms with Gasteiger partial charge in [-0.15, -0.1) is 10.2 Å². The lowest BCUT2D eigenvalue weighted by Gasteiger charge is -2.40. The first-order valence-corrected chi connectivity index (χ1v) is 9.58. The molecule has 0 bridgehead atoms. The molecule has 0 saturated heterocycles. The Labute approximate surface area is 157 Å². The molecule has 8 nitrogen and oxygen atoms in total. The summed E-state index contributed by atoms with van der Waals surface area (Å²) in [5.74, 6) is 2.54. The lowest BCUT2D eigenvalue weighted by Crippen LogP contribution is -2.42. The van der Waals surface area contributed by atoms with Gasteiger partial charge in [-0.3, -0.25) is 9.55 Å². The lowest BCUT2D eigenvalue weighted by molar-refractivity contribution is 0.469. The molecule has 3 aromatic heterocycles. The van der Waals surface area contributed by atoms with E-state index >= 15 is 0 Å². The summed E-state index contributed by atoms with van der Waals surface area (Å²) in [4.78, 5) is 16.0. The summed E-state index contributed by atoms with van der Waals surface area (Å²) in [6, 6.07) is 4.49. The third-order valence-corrected chi connectivity index (χ3v) is 5.50. The van der Waals surface area contributed by atoms with E-state index in [1.54, 1.807) is 18.7 Å². The molecule has 0 amide bonds. The van der Waals surface area contributed by atoms with Gasteiger partial charge >= 0.3 is 0 Å². The minimum absolute atomic E-state index is 0.187. The number of fused-ring (bicyclic) bond motifs is 3. The summed E-state index contributed by atoms with van der Waals surface area (Å²) in [6.45, 7) is 2.20. The zero-order valence-corrected chi connectivity index (χ0v) is 15.3. The Morgan fingerprint density at radius 1 is 1.19 bits per heavy atom. The number of nitrogens with one attached hydrogen (secondary N) is 1. The Kier molecular flexibility index (Phi) is 3.95. The highest BCUT2D eigenvalue weighted by Gasteiger charge is 2.38. The summed E-state index contributed by atoms with van der Waals surface area (Å²) in [6.07, 6.45) is 13.0. The van der Waals surface area contributed by atoms with E-state index in [4.69, 9.17) is 4.98 Å². The minimum Gasteiger partial charge on any atom is -0.341 e. The van der Waals surface area contributed by atoms with Gasteiger partial charge in [0, 0.05) is 24.1 Å². The predicted molar refractivity (Wildman–Crippen MR) is 102 cm³/mol. The third kappa shape index (κ3) is 2.72. The van der Waals surface area contributed by atoms with Crippen LogP contribution < -0.4 is 10.2 Å². The number of pyridine rings is 1. The van der Waals surface area contributed by atoms with Crippen LogP contribution in [0.5, 0.6) is 0 Å². The summed E-state index contributed by atoms with van der Waals surface area (Å²) in [7, 11) is 0. The van der Waals surface area contributed by atoms with Crippen molar-refractivity contribution in [3.05, 3.63) is 42.9 Å². The van der Waals surface area contributed by atoms with Crippen molar-refractivity contribution >= 4 is 17.5 Å². The lowest BCUT2D eigenvalue weighted by atomic mass is 10.0. The Morgan fingerprint density at radius 3 is 2.78 bits per heavy atom. The van der Waals surface area contributed by atoms with Crippen molar-refractivity contribution in [1.82, 2.24) is 29.7 Å². The molecule has 0 spiro atoms. The molecule has 8 heteroatoms. The molecule has 0 aromatic carbocycles. The molecule has 1 atom stereocenters. The van der Waals surface area contributed by atoms with E-state index in [1.165, 1.54) is 25.7 Å². The maximum atomic E-state index is 4.92. The van der Waals surface area contributed by atoms with Crippen molar-refractivity contribution in [2.45, 2.75) is 51.1 Å². The molecule has 1 saturated carbocycles. The van der Waals surface area contributed by atoms with Crippen LogP contribution in [-0.4, -0.2) is 35.8 Å². The second-order valence-corrected chi connectivity index (χ2v) is 7.09. The van der Waals surface area contributed by atoms with Gasteiger partial charge in [0.25, 0.3) is 0 Å². The van der Waals surface area contributed by atoms with Crippen LogP contribution in [0.15, 0.2) is 37.1 Å². The smallest absolute Gasteiger partial charge is 0.229 e. The van der Waals surface area contributed by atoms with E-state index in [0.717, 1.165) is 29.4 Å². The SMILES string of the molecule is CC[C@@H]1c2nncn2-c2cnc(Nc3ccncc3)nc2N1C1CCCC1. The van der Waals surface area contributed by atoms with Gasteiger partial charge in [-0.1, -0.05) is 19.8 Å². The van der Waals surface area contributed by atoms with Crippen molar-refractivity contribution < 1.29 is 0 Å². The average molecular weight is 362 g/mol. The summed E-state index contributed by atoms with van der Waals surface area (Å²) in [5.41, 5.74) is 1.87. The second kappa shape index (κ2) is 6.61. The third-order valence-electron chi connectivity index (χ3n) is 5.50. The summed E-state index contributed by atoms with van der Waals surface area (Å²) < 4.78 is 2.03. The normalized spacial score (nSPS) is 19.0. The van der Waals surface area contributed by atoms with Crippen LogP contribution >= 0.6 is 0 Å². The van der Waals surface area contributed by atoms with E-state index in [2.05, 4.69) is 37.3 Å². The van der Waals surface area contributed by atoms with Gasteiger partial charge in [-0.2, -0.15) is 4.98 Å². The van der Waals surface area contributed by atoms with Crippen LogP contribution in [0.4, 0.5) is 17.5 Å². The van der Waals surface area contributed by atoms with Crippen LogP contribution in [-0.2, 0) is 0 Å². The Morgan fingerprint density at radius 2 is 2.00 bits per heavy atom.